The molecule has 3 rings (SSSR count). The number of hydrogen-bond acceptors (Lipinski definition) is 3. The number of ether oxygens (including phenoxy) is 1. The van der Waals surface area contributed by atoms with Gasteiger partial charge in [-0.25, -0.2) is 9.37 Å². The van der Waals surface area contributed by atoms with Crippen LogP contribution >= 0.6 is 0 Å². The van der Waals surface area contributed by atoms with E-state index in [-0.39, 0.29) is 5.82 Å². The Bertz CT molecular complexity index is 611. The van der Waals surface area contributed by atoms with Crippen LogP contribution in [0.2, 0.25) is 0 Å². The van der Waals surface area contributed by atoms with Crippen LogP contribution in [0.15, 0.2) is 30.6 Å². The number of rotatable bonds is 3. The summed E-state index contributed by atoms with van der Waals surface area (Å²) in [5.74, 6) is 1.03. The predicted octanol–water partition coefficient (Wildman–Crippen LogP) is 2.57. The van der Waals surface area contributed by atoms with Crippen LogP contribution in [0.25, 0.3) is 11.4 Å². The minimum absolute atomic E-state index is 0.274. The Morgan fingerprint density at radius 1 is 1.40 bits per heavy atom. The monoisotopic (exact) mass is 275 g/mol. The molecule has 106 valence electrons. The number of likely N-dealkylation sites (tertiary alicyclic amines) is 1. The van der Waals surface area contributed by atoms with Crippen LogP contribution in [0.4, 0.5) is 4.39 Å². The van der Waals surface area contributed by atoms with Crippen molar-refractivity contribution >= 4 is 0 Å². The van der Waals surface area contributed by atoms with Crippen LogP contribution in [0.5, 0.6) is 5.75 Å². The second-order valence-electron chi connectivity index (χ2n) is 5.21. The van der Waals surface area contributed by atoms with Gasteiger partial charge >= 0.3 is 0 Å². The Morgan fingerprint density at radius 2 is 2.25 bits per heavy atom. The molecule has 1 atom stereocenters. The highest BCUT2D eigenvalue weighted by Crippen LogP contribution is 2.30. The summed E-state index contributed by atoms with van der Waals surface area (Å²) < 4.78 is 21.3. The lowest BCUT2D eigenvalue weighted by Crippen LogP contribution is -2.16. The van der Waals surface area contributed by atoms with E-state index in [0.29, 0.717) is 23.2 Å². The number of aromatic nitrogens is 2. The highest BCUT2D eigenvalue weighted by atomic mass is 19.1. The van der Waals surface area contributed by atoms with Crippen LogP contribution in [-0.2, 0) is 0 Å². The lowest BCUT2D eigenvalue weighted by atomic mass is 10.1. The van der Waals surface area contributed by atoms with Gasteiger partial charge in [-0.15, -0.1) is 0 Å². The maximum atomic E-state index is 14.1. The summed E-state index contributed by atoms with van der Waals surface area (Å²) >= 11 is 0. The van der Waals surface area contributed by atoms with Crippen molar-refractivity contribution in [1.82, 2.24) is 14.5 Å². The minimum Gasteiger partial charge on any atom is -0.497 e. The molecule has 20 heavy (non-hydrogen) atoms. The van der Waals surface area contributed by atoms with Gasteiger partial charge in [-0.1, -0.05) is 0 Å². The van der Waals surface area contributed by atoms with Gasteiger partial charge in [-0.3, -0.25) is 0 Å². The largest absolute Gasteiger partial charge is 0.497 e. The van der Waals surface area contributed by atoms with E-state index in [4.69, 9.17) is 4.74 Å². The lowest BCUT2D eigenvalue weighted by molar-refractivity contribution is 0.393. The number of hydrogen-bond donors (Lipinski definition) is 0. The Hall–Kier alpha value is -1.88. The molecule has 1 fully saturated rings. The van der Waals surface area contributed by atoms with Crippen molar-refractivity contribution in [1.29, 1.82) is 0 Å². The van der Waals surface area contributed by atoms with E-state index in [9.17, 15) is 4.39 Å². The molecule has 1 saturated heterocycles. The summed E-state index contributed by atoms with van der Waals surface area (Å²) in [6.07, 6.45) is 4.72. The van der Waals surface area contributed by atoms with Crippen LogP contribution in [0.1, 0.15) is 12.5 Å². The van der Waals surface area contributed by atoms with E-state index in [1.54, 1.807) is 25.4 Å². The van der Waals surface area contributed by atoms with Crippen LogP contribution in [0.3, 0.4) is 0 Å². The van der Waals surface area contributed by atoms with Gasteiger partial charge in [-0.05, 0) is 38.2 Å². The zero-order valence-electron chi connectivity index (χ0n) is 11.7. The van der Waals surface area contributed by atoms with Crippen molar-refractivity contribution in [3.63, 3.8) is 0 Å². The molecule has 0 spiro atoms. The van der Waals surface area contributed by atoms with Gasteiger partial charge in [0.05, 0.1) is 12.7 Å². The summed E-state index contributed by atoms with van der Waals surface area (Å²) in [4.78, 5) is 6.62. The summed E-state index contributed by atoms with van der Waals surface area (Å²) in [5.41, 5.74) is 0.490. The third-order valence-electron chi connectivity index (χ3n) is 3.84. The lowest BCUT2D eigenvalue weighted by Gasteiger charge is -2.16. The minimum atomic E-state index is -0.274. The van der Waals surface area contributed by atoms with E-state index in [2.05, 4.69) is 21.5 Å². The molecule has 0 saturated carbocycles. The summed E-state index contributed by atoms with van der Waals surface area (Å²) in [5, 5.41) is 0. The van der Waals surface area contributed by atoms with E-state index in [1.807, 2.05) is 6.20 Å². The van der Waals surface area contributed by atoms with Gasteiger partial charge in [0.2, 0.25) is 0 Å². The average Bonchev–Trinajstić information content (AvgIpc) is 3.07. The molecule has 0 aliphatic carbocycles. The smallest absolute Gasteiger partial charge is 0.143 e. The van der Waals surface area contributed by atoms with Gasteiger partial charge in [0, 0.05) is 25.0 Å². The van der Waals surface area contributed by atoms with Crippen molar-refractivity contribution in [3.8, 4) is 17.1 Å². The highest BCUT2D eigenvalue weighted by molar-refractivity contribution is 5.59. The van der Waals surface area contributed by atoms with E-state index < -0.39 is 0 Å². The first-order valence-electron chi connectivity index (χ1n) is 6.74. The molecule has 0 radical (unpaired) electrons. The van der Waals surface area contributed by atoms with Crippen molar-refractivity contribution in [3.05, 3.63) is 36.4 Å². The maximum Gasteiger partial charge on any atom is 0.143 e. The van der Waals surface area contributed by atoms with Gasteiger partial charge in [0.15, 0.2) is 0 Å². The maximum absolute atomic E-state index is 14.1. The normalized spacial score (nSPS) is 19.4. The summed E-state index contributed by atoms with van der Waals surface area (Å²) in [6, 6.07) is 5.10. The van der Waals surface area contributed by atoms with E-state index >= 15 is 0 Å². The molecule has 2 aromatic rings. The zero-order valence-corrected chi connectivity index (χ0v) is 11.7. The van der Waals surface area contributed by atoms with E-state index in [1.165, 1.54) is 6.07 Å². The molecule has 0 amide bonds. The fraction of sp³-hybridized carbons (Fsp3) is 0.400. The number of methoxy groups -OCH3 is 1. The van der Waals surface area contributed by atoms with Gasteiger partial charge in [0.1, 0.15) is 17.4 Å². The van der Waals surface area contributed by atoms with Gasteiger partial charge < -0.3 is 14.2 Å². The van der Waals surface area contributed by atoms with Crippen molar-refractivity contribution in [2.24, 2.45) is 0 Å². The number of benzene rings is 1. The second-order valence-corrected chi connectivity index (χ2v) is 5.21. The summed E-state index contributed by atoms with van der Waals surface area (Å²) in [7, 11) is 3.68. The molecule has 0 N–H and O–H groups in total. The Balaban J connectivity index is 2.01. The summed E-state index contributed by atoms with van der Waals surface area (Å²) in [6.45, 7) is 2.03. The number of likely N-dealkylation sites (N-methyl/N-ethyl adjacent to an activating group) is 1. The standard InChI is InChI=1S/C15H18FN3O/c1-18-7-5-11(10-18)19-8-6-17-15(19)13-9-12(20-2)3-4-14(13)16/h3-4,6,8-9,11H,5,7,10H2,1-2H3. The molecule has 4 nitrogen and oxygen atoms in total. The average molecular weight is 275 g/mol. The second kappa shape index (κ2) is 5.25. The molecule has 0 bridgehead atoms. The first kappa shape index (κ1) is 13.1. The van der Waals surface area contributed by atoms with Crippen LogP contribution < -0.4 is 4.74 Å². The fourth-order valence-electron chi connectivity index (χ4n) is 2.76. The van der Waals surface area contributed by atoms with Gasteiger partial charge in [0.25, 0.3) is 0 Å². The molecular formula is C15H18FN3O. The number of imidazole rings is 1. The molecule has 1 aromatic heterocycles. The molecule has 1 aromatic carbocycles. The molecular weight excluding hydrogens is 257 g/mol. The van der Waals surface area contributed by atoms with Gasteiger partial charge in [-0.2, -0.15) is 0 Å². The third kappa shape index (κ3) is 2.29. The first-order valence-corrected chi connectivity index (χ1v) is 6.74. The molecule has 2 heterocycles. The topological polar surface area (TPSA) is 30.3 Å². The molecule has 1 unspecified atom stereocenters. The van der Waals surface area contributed by atoms with Crippen LogP contribution in [0, 0.1) is 5.82 Å². The van der Waals surface area contributed by atoms with Crippen molar-refractivity contribution in [2.45, 2.75) is 12.5 Å². The number of halogens is 1. The molecule has 1 aliphatic rings. The van der Waals surface area contributed by atoms with Crippen molar-refractivity contribution in [2.75, 3.05) is 27.2 Å². The Kier molecular flexibility index (Phi) is 3.44. The molecule has 5 heteroatoms. The zero-order chi connectivity index (χ0) is 14.1. The number of nitrogens with zero attached hydrogens (tertiary/aromatic N) is 3. The van der Waals surface area contributed by atoms with E-state index in [0.717, 1.165) is 19.5 Å². The van der Waals surface area contributed by atoms with Crippen molar-refractivity contribution < 1.29 is 9.13 Å². The fourth-order valence-corrected chi connectivity index (χ4v) is 2.76. The highest BCUT2D eigenvalue weighted by Gasteiger charge is 2.24. The van der Waals surface area contributed by atoms with Crippen LogP contribution in [-0.4, -0.2) is 41.7 Å². The quantitative estimate of drug-likeness (QED) is 0.862. The first-order chi connectivity index (χ1) is 9.69. The molecule has 1 aliphatic heterocycles. The Morgan fingerprint density at radius 3 is 2.95 bits per heavy atom. The third-order valence-corrected chi connectivity index (χ3v) is 3.84. The SMILES string of the molecule is COc1ccc(F)c(-c2nccn2C2CCN(C)C2)c1. The Labute approximate surface area is 117 Å². The predicted molar refractivity (Wildman–Crippen MR) is 75.3 cm³/mol.